The number of carboxylic acids is 1. The molecule has 2 amide bonds. The van der Waals surface area contributed by atoms with Crippen LogP contribution in [-0.2, 0) is 6.18 Å². The van der Waals surface area contributed by atoms with E-state index in [1.165, 1.54) is 36.8 Å². The zero-order chi connectivity index (χ0) is 30.2. The number of rotatable bonds is 8. The number of amides is 2. The third-order valence-electron chi connectivity index (χ3n) is 6.54. The van der Waals surface area contributed by atoms with Crippen LogP contribution in [0.15, 0.2) is 66.3 Å². The fraction of sp³-hybridized carbons (Fsp3) is 0.185. The van der Waals surface area contributed by atoms with Gasteiger partial charge in [-0.05, 0) is 18.3 Å². The van der Waals surface area contributed by atoms with Gasteiger partial charge in [0.15, 0.2) is 5.69 Å². The van der Waals surface area contributed by atoms with Gasteiger partial charge in [0.25, 0.3) is 0 Å². The second-order valence-electron chi connectivity index (χ2n) is 9.24. The smallest absolute Gasteiger partial charge is 0.434 e. The number of alkyl halides is 3. The summed E-state index contributed by atoms with van der Waals surface area (Å²) in [6.45, 7) is 8.50. The van der Waals surface area contributed by atoms with Crippen LogP contribution in [-0.4, -0.2) is 61.2 Å². The van der Waals surface area contributed by atoms with Crippen molar-refractivity contribution < 1.29 is 27.9 Å². The number of likely N-dealkylation sites (tertiary alicyclic amines) is 1. The first-order valence-corrected chi connectivity index (χ1v) is 13.2. The Morgan fingerprint density at radius 1 is 1.17 bits per heavy atom. The number of halogens is 3. The number of nitrogens with one attached hydrogen (secondary N) is 2. The third kappa shape index (κ3) is 5.45. The lowest BCUT2D eigenvalue weighted by Crippen LogP contribution is -2.44. The molecule has 5 heterocycles. The average molecular weight is 598 g/mol. The molecule has 3 N–H and O–H groups in total. The predicted octanol–water partition coefficient (Wildman–Crippen LogP) is 4.61. The van der Waals surface area contributed by atoms with Crippen LogP contribution < -0.4 is 16.1 Å². The van der Waals surface area contributed by atoms with Gasteiger partial charge in [0.2, 0.25) is 5.43 Å². The molecule has 1 aliphatic heterocycles. The summed E-state index contributed by atoms with van der Waals surface area (Å²) in [5, 5.41) is 15.6. The van der Waals surface area contributed by atoms with Gasteiger partial charge < -0.3 is 19.9 Å². The molecule has 0 radical (unpaired) electrons. The van der Waals surface area contributed by atoms with Crippen LogP contribution in [0.4, 0.5) is 23.8 Å². The Bertz CT molecular complexity index is 1790. The monoisotopic (exact) mass is 597 g/mol. The molecule has 0 atom stereocenters. The minimum atomic E-state index is -4.68. The van der Waals surface area contributed by atoms with Crippen molar-refractivity contribution in [3.05, 3.63) is 83.0 Å². The molecule has 1 fully saturated rings. The van der Waals surface area contributed by atoms with Crippen LogP contribution in [0.3, 0.4) is 0 Å². The van der Waals surface area contributed by atoms with Gasteiger partial charge in [-0.2, -0.15) is 13.2 Å². The largest absolute Gasteiger partial charge is 0.477 e. The van der Waals surface area contributed by atoms with E-state index in [0.717, 1.165) is 16.7 Å². The van der Waals surface area contributed by atoms with E-state index in [0.29, 0.717) is 18.6 Å². The van der Waals surface area contributed by atoms with Crippen molar-refractivity contribution in [2.45, 2.75) is 12.2 Å². The fourth-order valence-electron chi connectivity index (χ4n) is 4.42. The maximum atomic E-state index is 13.4. The highest BCUT2D eigenvalue weighted by Crippen LogP contribution is 2.38. The number of pyridine rings is 3. The molecule has 1 aliphatic rings. The summed E-state index contributed by atoms with van der Waals surface area (Å²) < 4.78 is 41.8. The Kier molecular flexibility index (Phi) is 7.51. The van der Waals surface area contributed by atoms with Crippen LogP contribution >= 0.6 is 11.3 Å². The lowest BCUT2D eigenvalue weighted by Gasteiger charge is -2.40. The van der Waals surface area contributed by atoms with Crippen molar-refractivity contribution in [2.24, 2.45) is 0 Å². The number of carbonyl (C=O) groups excluding carboxylic acids is 1. The van der Waals surface area contributed by atoms with Crippen molar-refractivity contribution in [2.75, 3.05) is 25.0 Å². The number of thiazole rings is 1. The lowest BCUT2D eigenvalue weighted by molar-refractivity contribution is -0.140. The molecule has 0 aliphatic carbocycles. The zero-order valence-electron chi connectivity index (χ0n) is 21.7. The SMILES string of the molecule is C=CCNC(=O)Nc1cc(-c2nc(C(F)(F)F)cs2)c(-c2cc3c(=O)c(C(=O)O)cn(C4CN(C=C)C4)c3cn2)cn1. The second-order valence-corrected chi connectivity index (χ2v) is 10.1. The summed E-state index contributed by atoms with van der Waals surface area (Å²) in [7, 11) is 0. The minimum Gasteiger partial charge on any atom is -0.477 e. The maximum Gasteiger partial charge on any atom is 0.434 e. The molecule has 4 aromatic rings. The highest BCUT2D eigenvalue weighted by molar-refractivity contribution is 7.13. The van der Waals surface area contributed by atoms with Crippen LogP contribution in [0, 0.1) is 0 Å². The van der Waals surface area contributed by atoms with Crippen LogP contribution in [0.25, 0.3) is 32.7 Å². The summed E-state index contributed by atoms with van der Waals surface area (Å²) in [5.41, 5.74) is -1.37. The molecule has 4 aromatic heterocycles. The van der Waals surface area contributed by atoms with Crippen molar-refractivity contribution in [3.63, 3.8) is 0 Å². The topological polar surface area (TPSA) is 142 Å². The molecular formula is C27H22F3N7O4S. The number of hydrogen-bond acceptors (Lipinski definition) is 8. The fourth-order valence-corrected chi connectivity index (χ4v) is 5.28. The van der Waals surface area contributed by atoms with Gasteiger partial charge in [0.05, 0.1) is 28.8 Å². The summed E-state index contributed by atoms with van der Waals surface area (Å²) in [6, 6.07) is 1.97. The van der Waals surface area contributed by atoms with Gasteiger partial charge >= 0.3 is 18.2 Å². The van der Waals surface area contributed by atoms with E-state index in [-0.39, 0.29) is 45.6 Å². The number of hydrogen-bond donors (Lipinski definition) is 3. The molecule has 11 nitrogen and oxygen atoms in total. The molecule has 0 unspecified atom stereocenters. The quantitative estimate of drug-likeness (QED) is 0.250. The Labute approximate surface area is 239 Å². The first-order valence-electron chi connectivity index (χ1n) is 12.3. The molecular weight excluding hydrogens is 575 g/mol. The number of nitrogens with zero attached hydrogens (tertiary/aromatic N) is 5. The molecule has 42 heavy (non-hydrogen) atoms. The van der Waals surface area contributed by atoms with E-state index in [1.54, 1.807) is 10.8 Å². The zero-order valence-corrected chi connectivity index (χ0v) is 22.5. The Morgan fingerprint density at radius 2 is 1.93 bits per heavy atom. The molecule has 15 heteroatoms. The number of carbonyl (C=O) groups is 2. The molecule has 1 saturated heterocycles. The van der Waals surface area contributed by atoms with Gasteiger partial charge in [0, 0.05) is 48.5 Å². The van der Waals surface area contributed by atoms with Gasteiger partial charge in [-0.25, -0.2) is 19.6 Å². The van der Waals surface area contributed by atoms with Crippen molar-refractivity contribution in [3.8, 4) is 21.8 Å². The molecule has 5 rings (SSSR count). The normalized spacial score (nSPS) is 13.5. The second kappa shape index (κ2) is 11.1. The molecule has 0 spiro atoms. The van der Waals surface area contributed by atoms with Crippen molar-refractivity contribution in [1.82, 2.24) is 29.7 Å². The Hall–Kier alpha value is -5.05. The highest BCUT2D eigenvalue weighted by Gasteiger charge is 2.34. The van der Waals surface area contributed by atoms with E-state index in [2.05, 4.69) is 38.7 Å². The van der Waals surface area contributed by atoms with Crippen LogP contribution in [0.2, 0.25) is 0 Å². The van der Waals surface area contributed by atoms with Gasteiger partial charge in [-0.3, -0.25) is 15.1 Å². The molecule has 216 valence electrons. The van der Waals surface area contributed by atoms with Gasteiger partial charge in [0.1, 0.15) is 16.4 Å². The standard InChI is InChI=1S/C27H22F3N7O4S/c1-3-5-31-26(41)35-22-7-15(24-34-21(13-42-24)27(28,29)30)17(8-33-22)19-6-16-20(9-32-19)37(14-10-36(4-2)11-14)12-18(23(16)38)25(39)40/h3-4,6-9,12-14H,1-2,5,10-11H2,(H,39,40)(H2,31,33,35,41). The van der Waals surface area contributed by atoms with E-state index in [9.17, 15) is 32.7 Å². The van der Waals surface area contributed by atoms with Crippen molar-refractivity contribution >= 4 is 40.1 Å². The number of carboxylic acid groups (broad SMARTS) is 1. The molecule has 0 bridgehead atoms. The van der Waals surface area contributed by atoms with E-state index < -0.39 is 34.9 Å². The third-order valence-corrected chi connectivity index (χ3v) is 7.42. The highest BCUT2D eigenvalue weighted by atomic mass is 32.1. The lowest BCUT2D eigenvalue weighted by atomic mass is 10.0. The van der Waals surface area contributed by atoms with Crippen molar-refractivity contribution in [1.29, 1.82) is 0 Å². The number of urea groups is 1. The van der Waals surface area contributed by atoms with Gasteiger partial charge in [-0.15, -0.1) is 17.9 Å². The maximum absolute atomic E-state index is 13.4. The minimum absolute atomic E-state index is 0.0205. The first-order chi connectivity index (χ1) is 20.0. The number of aromatic carboxylic acids is 1. The van der Waals surface area contributed by atoms with Crippen LogP contribution in [0.5, 0.6) is 0 Å². The Morgan fingerprint density at radius 3 is 2.57 bits per heavy atom. The first kappa shape index (κ1) is 28.5. The van der Waals surface area contributed by atoms with E-state index in [1.807, 2.05) is 4.90 Å². The Balaban J connectivity index is 1.65. The summed E-state index contributed by atoms with van der Waals surface area (Å²) >= 11 is 0.728. The molecule has 0 saturated carbocycles. The summed E-state index contributed by atoms with van der Waals surface area (Å²) in [5.74, 6) is -1.38. The summed E-state index contributed by atoms with van der Waals surface area (Å²) in [4.78, 5) is 51.6. The number of aromatic nitrogens is 4. The predicted molar refractivity (Wildman–Crippen MR) is 150 cm³/mol. The van der Waals surface area contributed by atoms with Crippen LogP contribution in [0.1, 0.15) is 22.1 Å². The molecule has 0 aromatic carbocycles. The van der Waals surface area contributed by atoms with E-state index in [4.69, 9.17) is 0 Å². The van der Waals surface area contributed by atoms with Gasteiger partial charge in [-0.1, -0.05) is 12.7 Å². The number of anilines is 1. The van der Waals surface area contributed by atoms with E-state index >= 15 is 0 Å². The summed E-state index contributed by atoms with van der Waals surface area (Å²) in [6.07, 6.45) is 2.43. The average Bonchev–Trinajstić information content (AvgIpc) is 3.43. The number of fused-ring (bicyclic) bond motifs is 1.